The number of carbonyl (C=O) groups is 1. The standard InChI is InChI=1S/C14H19NO5S/c1-3-14(2,13(16)17)9-15-21(18,19)11-4-5-12-10(8-11)6-7-20-12/h4-5,8,15H,3,6-7,9H2,1-2H3,(H,16,17). The molecule has 2 N–H and O–H groups in total. The van der Waals surface area contributed by atoms with Crippen LogP contribution in [0, 0.1) is 5.41 Å². The highest BCUT2D eigenvalue weighted by atomic mass is 32.2. The molecule has 0 saturated heterocycles. The number of carboxylic acids is 1. The molecule has 0 spiro atoms. The van der Waals surface area contributed by atoms with Crippen LogP contribution in [-0.4, -0.2) is 32.6 Å². The fourth-order valence-electron chi connectivity index (χ4n) is 2.02. The number of rotatable bonds is 6. The van der Waals surface area contributed by atoms with Gasteiger partial charge in [0.05, 0.1) is 16.9 Å². The average molecular weight is 313 g/mol. The Balaban J connectivity index is 2.17. The lowest BCUT2D eigenvalue weighted by molar-refractivity contribution is -0.147. The minimum Gasteiger partial charge on any atom is -0.493 e. The third-order valence-corrected chi connectivity index (χ3v) is 5.32. The first-order chi connectivity index (χ1) is 9.78. The highest BCUT2D eigenvalue weighted by Gasteiger charge is 2.33. The molecular formula is C14H19NO5S. The first-order valence-corrected chi connectivity index (χ1v) is 8.25. The van der Waals surface area contributed by atoms with Crippen molar-refractivity contribution >= 4 is 16.0 Å². The average Bonchev–Trinajstić information content (AvgIpc) is 2.92. The largest absolute Gasteiger partial charge is 0.493 e. The summed E-state index contributed by atoms with van der Waals surface area (Å²) in [6, 6.07) is 4.68. The van der Waals surface area contributed by atoms with E-state index < -0.39 is 21.4 Å². The predicted molar refractivity (Wildman–Crippen MR) is 76.9 cm³/mol. The van der Waals surface area contributed by atoms with Crippen LogP contribution in [0.4, 0.5) is 0 Å². The molecule has 1 heterocycles. The number of aliphatic carboxylic acids is 1. The first kappa shape index (κ1) is 15.8. The lowest BCUT2D eigenvalue weighted by Crippen LogP contribution is -2.40. The quantitative estimate of drug-likeness (QED) is 0.828. The minimum absolute atomic E-state index is 0.135. The number of hydrogen-bond acceptors (Lipinski definition) is 4. The van der Waals surface area contributed by atoms with Gasteiger partial charge in [0, 0.05) is 13.0 Å². The zero-order valence-electron chi connectivity index (χ0n) is 12.0. The van der Waals surface area contributed by atoms with Crippen LogP contribution in [0.1, 0.15) is 25.8 Å². The van der Waals surface area contributed by atoms with E-state index in [2.05, 4.69) is 4.72 Å². The normalized spacial score (nSPS) is 16.9. The number of benzene rings is 1. The van der Waals surface area contributed by atoms with Crippen molar-refractivity contribution in [2.45, 2.75) is 31.6 Å². The van der Waals surface area contributed by atoms with Crippen molar-refractivity contribution in [1.82, 2.24) is 4.72 Å². The van der Waals surface area contributed by atoms with Gasteiger partial charge in [-0.3, -0.25) is 4.79 Å². The summed E-state index contributed by atoms with van der Waals surface area (Å²) in [5.74, 6) is -0.312. The molecule has 1 aromatic rings. The van der Waals surface area contributed by atoms with Crippen molar-refractivity contribution in [3.63, 3.8) is 0 Å². The van der Waals surface area contributed by atoms with Crippen molar-refractivity contribution in [2.24, 2.45) is 5.41 Å². The SMILES string of the molecule is CCC(C)(CNS(=O)(=O)c1ccc2c(c1)CCO2)C(=O)O. The van der Waals surface area contributed by atoms with Crippen molar-refractivity contribution in [1.29, 1.82) is 0 Å². The second-order valence-electron chi connectivity index (χ2n) is 5.41. The van der Waals surface area contributed by atoms with E-state index in [4.69, 9.17) is 4.74 Å². The van der Waals surface area contributed by atoms with Crippen molar-refractivity contribution in [3.8, 4) is 5.75 Å². The van der Waals surface area contributed by atoms with Gasteiger partial charge in [-0.05, 0) is 37.1 Å². The minimum atomic E-state index is -3.73. The van der Waals surface area contributed by atoms with Gasteiger partial charge in [0.25, 0.3) is 0 Å². The molecule has 2 rings (SSSR count). The zero-order chi connectivity index (χ0) is 15.7. The maximum atomic E-state index is 12.3. The summed E-state index contributed by atoms with van der Waals surface area (Å²) in [5.41, 5.74) is -0.262. The summed E-state index contributed by atoms with van der Waals surface area (Å²) in [7, 11) is -3.73. The molecule has 0 amide bonds. The molecule has 1 atom stereocenters. The van der Waals surface area contributed by atoms with Crippen molar-refractivity contribution in [3.05, 3.63) is 23.8 Å². The van der Waals surface area contributed by atoms with E-state index in [0.29, 0.717) is 25.2 Å². The Morgan fingerprint density at radius 3 is 2.81 bits per heavy atom. The van der Waals surface area contributed by atoms with E-state index in [1.54, 1.807) is 19.1 Å². The predicted octanol–water partition coefficient (Wildman–Crippen LogP) is 1.40. The monoisotopic (exact) mass is 313 g/mol. The summed E-state index contributed by atoms with van der Waals surface area (Å²) < 4.78 is 32.3. The van der Waals surface area contributed by atoms with Crippen LogP contribution in [-0.2, 0) is 21.2 Å². The Hall–Kier alpha value is -1.60. The highest BCUT2D eigenvalue weighted by molar-refractivity contribution is 7.89. The fourth-order valence-corrected chi connectivity index (χ4v) is 3.24. The molecule has 0 fully saturated rings. The Bertz CT molecular complexity index is 655. The first-order valence-electron chi connectivity index (χ1n) is 6.77. The summed E-state index contributed by atoms with van der Waals surface area (Å²) in [6.07, 6.45) is 1.02. The number of ether oxygens (including phenoxy) is 1. The summed E-state index contributed by atoms with van der Waals surface area (Å²) >= 11 is 0. The van der Waals surface area contributed by atoms with Gasteiger partial charge in [-0.2, -0.15) is 0 Å². The second-order valence-corrected chi connectivity index (χ2v) is 7.18. The van der Waals surface area contributed by atoms with Crippen LogP contribution in [0.3, 0.4) is 0 Å². The number of nitrogens with one attached hydrogen (secondary N) is 1. The van der Waals surface area contributed by atoms with Gasteiger partial charge in [-0.15, -0.1) is 0 Å². The summed E-state index contributed by atoms with van der Waals surface area (Å²) in [5, 5.41) is 9.18. The fraction of sp³-hybridized carbons (Fsp3) is 0.500. The molecular weight excluding hydrogens is 294 g/mol. The smallest absolute Gasteiger partial charge is 0.310 e. The molecule has 21 heavy (non-hydrogen) atoms. The number of sulfonamides is 1. The molecule has 0 aliphatic carbocycles. The van der Waals surface area contributed by atoms with E-state index >= 15 is 0 Å². The van der Waals surface area contributed by atoms with Gasteiger partial charge >= 0.3 is 5.97 Å². The van der Waals surface area contributed by atoms with E-state index in [1.165, 1.54) is 13.0 Å². The van der Waals surface area contributed by atoms with Gasteiger partial charge in [-0.25, -0.2) is 13.1 Å². The highest BCUT2D eigenvalue weighted by Crippen LogP contribution is 2.28. The van der Waals surface area contributed by atoms with E-state index in [9.17, 15) is 18.3 Å². The van der Waals surface area contributed by atoms with Crippen LogP contribution in [0.5, 0.6) is 5.75 Å². The molecule has 1 unspecified atom stereocenters. The molecule has 0 aromatic heterocycles. The van der Waals surface area contributed by atoms with E-state index in [-0.39, 0.29) is 11.4 Å². The third kappa shape index (κ3) is 3.19. The van der Waals surface area contributed by atoms with E-state index in [0.717, 1.165) is 5.56 Å². The van der Waals surface area contributed by atoms with E-state index in [1.807, 2.05) is 0 Å². The van der Waals surface area contributed by atoms with Gasteiger partial charge in [0.15, 0.2) is 0 Å². The van der Waals surface area contributed by atoms with Crippen molar-refractivity contribution in [2.75, 3.05) is 13.2 Å². The molecule has 6 nitrogen and oxygen atoms in total. The summed E-state index contributed by atoms with van der Waals surface area (Å²) in [4.78, 5) is 11.3. The van der Waals surface area contributed by atoms with Gasteiger partial charge in [0.1, 0.15) is 5.75 Å². The molecule has 0 radical (unpaired) electrons. The molecule has 1 aromatic carbocycles. The van der Waals surface area contributed by atoms with Crippen LogP contribution >= 0.6 is 0 Å². The molecule has 1 aliphatic heterocycles. The van der Waals surface area contributed by atoms with Crippen LogP contribution in [0.25, 0.3) is 0 Å². The Morgan fingerprint density at radius 2 is 2.19 bits per heavy atom. The van der Waals surface area contributed by atoms with Crippen LogP contribution in [0.2, 0.25) is 0 Å². The maximum Gasteiger partial charge on any atom is 0.310 e. The Morgan fingerprint density at radius 1 is 1.48 bits per heavy atom. The van der Waals surface area contributed by atoms with Crippen LogP contribution < -0.4 is 9.46 Å². The zero-order valence-corrected chi connectivity index (χ0v) is 12.9. The Labute approximate surface area is 124 Å². The molecule has 1 aliphatic rings. The second kappa shape index (κ2) is 5.65. The third-order valence-electron chi connectivity index (χ3n) is 3.92. The molecule has 0 saturated carbocycles. The molecule has 0 bridgehead atoms. The topological polar surface area (TPSA) is 92.7 Å². The molecule has 7 heteroatoms. The van der Waals surface area contributed by atoms with Crippen LogP contribution in [0.15, 0.2) is 23.1 Å². The number of carboxylic acid groups (broad SMARTS) is 1. The lowest BCUT2D eigenvalue weighted by atomic mass is 9.88. The lowest BCUT2D eigenvalue weighted by Gasteiger charge is -2.23. The summed E-state index contributed by atoms with van der Waals surface area (Å²) in [6.45, 7) is 3.65. The van der Waals surface area contributed by atoms with Gasteiger partial charge < -0.3 is 9.84 Å². The number of hydrogen-bond donors (Lipinski definition) is 2. The van der Waals surface area contributed by atoms with Gasteiger partial charge in [-0.1, -0.05) is 6.92 Å². The van der Waals surface area contributed by atoms with Crippen molar-refractivity contribution < 1.29 is 23.1 Å². The molecule has 116 valence electrons. The maximum absolute atomic E-state index is 12.3. The Kier molecular flexibility index (Phi) is 4.25. The number of fused-ring (bicyclic) bond motifs is 1. The van der Waals surface area contributed by atoms with Gasteiger partial charge in [0.2, 0.25) is 10.0 Å².